The summed E-state index contributed by atoms with van der Waals surface area (Å²) in [5, 5.41) is 22.5. The average Bonchev–Trinajstić information content (AvgIpc) is 3.21. The molecule has 0 bridgehead atoms. The molecule has 0 radical (unpaired) electrons. The number of nitrogens with zero attached hydrogens (tertiary/aromatic N) is 3. The number of thiophene rings is 1. The van der Waals surface area contributed by atoms with Crippen LogP contribution in [0.15, 0.2) is 39.8 Å². The van der Waals surface area contributed by atoms with Gasteiger partial charge in [0.1, 0.15) is 16.8 Å². The van der Waals surface area contributed by atoms with Gasteiger partial charge in [-0.05, 0) is 59.5 Å². The van der Waals surface area contributed by atoms with Gasteiger partial charge in [0, 0.05) is 0 Å². The highest BCUT2D eigenvalue weighted by Crippen LogP contribution is 2.13. The summed E-state index contributed by atoms with van der Waals surface area (Å²) in [5.41, 5.74) is 3.26. The SMILES string of the molecule is Cc1ccc(C)c(-n2c(=C(C#N)C#N)s/c(=C/c3ccsc3)c2=O)c1. The molecule has 0 fully saturated rings. The number of hydrogen-bond acceptors (Lipinski definition) is 5. The smallest absolute Gasteiger partial charge is 0.267 e. The van der Waals surface area contributed by atoms with Crippen molar-refractivity contribution in [3.63, 3.8) is 0 Å². The van der Waals surface area contributed by atoms with Crippen LogP contribution in [-0.2, 0) is 0 Å². The largest absolute Gasteiger partial charge is 0.273 e. The first-order valence-corrected chi connectivity index (χ1v) is 9.19. The van der Waals surface area contributed by atoms with Gasteiger partial charge < -0.3 is 0 Å². The van der Waals surface area contributed by atoms with Gasteiger partial charge in [0.05, 0.1) is 10.2 Å². The lowest BCUT2D eigenvalue weighted by Crippen LogP contribution is -2.31. The van der Waals surface area contributed by atoms with E-state index >= 15 is 0 Å². The van der Waals surface area contributed by atoms with Crippen molar-refractivity contribution in [1.29, 1.82) is 10.5 Å². The predicted molar refractivity (Wildman–Crippen MR) is 101 cm³/mol. The van der Waals surface area contributed by atoms with Crippen molar-refractivity contribution in [2.24, 2.45) is 0 Å². The second kappa shape index (κ2) is 6.90. The summed E-state index contributed by atoms with van der Waals surface area (Å²) < 4.78 is 2.34. The van der Waals surface area contributed by atoms with Crippen molar-refractivity contribution < 1.29 is 0 Å². The molecule has 0 aliphatic rings. The number of thiazole rings is 1. The molecule has 2 heterocycles. The monoisotopic (exact) mass is 363 g/mol. The predicted octanol–water partition coefficient (Wildman–Crippen LogP) is 2.60. The van der Waals surface area contributed by atoms with Gasteiger partial charge in [-0.2, -0.15) is 21.9 Å². The van der Waals surface area contributed by atoms with Gasteiger partial charge in [0.25, 0.3) is 5.56 Å². The molecule has 0 atom stereocenters. The molecular weight excluding hydrogens is 350 g/mol. The Kier molecular flexibility index (Phi) is 4.67. The van der Waals surface area contributed by atoms with Crippen LogP contribution < -0.4 is 14.8 Å². The van der Waals surface area contributed by atoms with E-state index in [2.05, 4.69) is 0 Å². The highest BCUT2D eigenvalue weighted by molar-refractivity contribution is 7.08. The van der Waals surface area contributed by atoms with Crippen molar-refractivity contribution >= 4 is 34.3 Å². The Hall–Kier alpha value is -2.93. The molecule has 0 amide bonds. The quantitative estimate of drug-likeness (QED) is 0.703. The van der Waals surface area contributed by atoms with Gasteiger partial charge in [-0.25, -0.2) is 0 Å². The Balaban J connectivity index is 2.47. The summed E-state index contributed by atoms with van der Waals surface area (Å²) in [6.07, 6.45) is 1.79. The van der Waals surface area contributed by atoms with Crippen LogP contribution in [0.2, 0.25) is 0 Å². The molecule has 0 aliphatic carbocycles. The molecule has 3 rings (SSSR count). The Morgan fingerprint density at radius 3 is 2.60 bits per heavy atom. The third kappa shape index (κ3) is 3.18. The fraction of sp³-hybridized carbons (Fsp3) is 0.105. The molecule has 6 heteroatoms. The van der Waals surface area contributed by atoms with E-state index in [0.29, 0.717) is 14.9 Å². The van der Waals surface area contributed by atoms with E-state index in [-0.39, 0.29) is 11.1 Å². The maximum Gasteiger partial charge on any atom is 0.273 e. The second-order valence-electron chi connectivity index (χ2n) is 5.50. The minimum Gasteiger partial charge on any atom is -0.267 e. The molecule has 4 nitrogen and oxygen atoms in total. The minimum absolute atomic E-state index is 0.0621. The van der Waals surface area contributed by atoms with E-state index in [0.717, 1.165) is 16.7 Å². The van der Waals surface area contributed by atoms with Gasteiger partial charge in [0.2, 0.25) is 0 Å². The third-order valence-electron chi connectivity index (χ3n) is 3.71. The van der Waals surface area contributed by atoms with Gasteiger partial charge in [0.15, 0.2) is 5.57 Å². The Morgan fingerprint density at radius 2 is 1.96 bits per heavy atom. The van der Waals surface area contributed by atoms with Crippen LogP contribution in [0.3, 0.4) is 0 Å². The summed E-state index contributed by atoms with van der Waals surface area (Å²) >= 11 is 2.71. The van der Waals surface area contributed by atoms with Crippen LogP contribution in [-0.4, -0.2) is 4.57 Å². The van der Waals surface area contributed by atoms with Gasteiger partial charge in [-0.1, -0.05) is 12.1 Å². The summed E-state index contributed by atoms with van der Waals surface area (Å²) in [4.78, 5) is 13.0. The van der Waals surface area contributed by atoms with Crippen LogP contribution in [0, 0.1) is 36.5 Å². The number of nitriles is 2. The lowest BCUT2D eigenvalue weighted by atomic mass is 10.1. The number of rotatable bonds is 2. The molecule has 0 saturated heterocycles. The zero-order valence-electron chi connectivity index (χ0n) is 13.6. The summed E-state index contributed by atoms with van der Waals surface area (Å²) in [6.45, 7) is 3.85. The Morgan fingerprint density at radius 1 is 1.20 bits per heavy atom. The first kappa shape index (κ1) is 16.9. The van der Waals surface area contributed by atoms with Gasteiger partial charge >= 0.3 is 0 Å². The zero-order chi connectivity index (χ0) is 18.0. The van der Waals surface area contributed by atoms with Crippen molar-refractivity contribution in [3.05, 3.63) is 71.3 Å². The minimum atomic E-state index is -0.220. The molecule has 122 valence electrons. The van der Waals surface area contributed by atoms with Crippen LogP contribution in [0.4, 0.5) is 0 Å². The lowest BCUT2D eigenvalue weighted by Gasteiger charge is -2.07. The van der Waals surface area contributed by atoms with E-state index in [9.17, 15) is 15.3 Å². The van der Waals surface area contributed by atoms with E-state index in [4.69, 9.17) is 0 Å². The molecule has 2 aromatic heterocycles. The number of aromatic nitrogens is 1. The molecule has 25 heavy (non-hydrogen) atoms. The van der Waals surface area contributed by atoms with Crippen LogP contribution >= 0.6 is 22.7 Å². The van der Waals surface area contributed by atoms with Crippen molar-refractivity contribution in [1.82, 2.24) is 4.57 Å². The number of aryl methyl sites for hydroxylation is 2. The highest BCUT2D eigenvalue weighted by atomic mass is 32.1. The second-order valence-corrected chi connectivity index (χ2v) is 7.31. The zero-order valence-corrected chi connectivity index (χ0v) is 15.2. The first-order chi connectivity index (χ1) is 12.0. The van der Waals surface area contributed by atoms with E-state index in [1.54, 1.807) is 17.4 Å². The Labute approximate surface area is 152 Å². The molecule has 0 saturated carbocycles. The number of hydrogen-bond donors (Lipinski definition) is 0. The van der Waals surface area contributed by atoms with Gasteiger partial charge in [-0.3, -0.25) is 9.36 Å². The normalized spacial score (nSPS) is 11.1. The maximum absolute atomic E-state index is 13.0. The molecule has 0 spiro atoms. The third-order valence-corrected chi connectivity index (χ3v) is 5.50. The number of benzene rings is 1. The van der Waals surface area contributed by atoms with Crippen molar-refractivity contribution in [2.75, 3.05) is 0 Å². The fourth-order valence-corrected chi connectivity index (χ4v) is 4.12. The van der Waals surface area contributed by atoms with Crippen LogP contribution in [0.1, 0.15) is 16.7 Å². The summed E-state index contributed by atoms with van der Waals surface area (Å²) in [7, 11) is 0. The van der Waals surface area contributed by atoms with E-state index < -0.39 is 0 Å². The summed E-state index contributed by atoms with van der Waals surface area (Å²) in [5.74, 6) is 0. The topological polar surface area (TPSA) is 69.6 Å². The van der Waals surface area contributed by atoms with E-state index in [1.807, 2.05) is 61.0 Å². The first-order valence-electron chi connectivity index (χ1n) is 7.43. The Bertz CT molecular complexity index is 1180. The average molecular weight is 363 g/mol. The van der Waals surface area contributed by atoms with E-state index in [1.165, 1.54) is 15.9 Å². The molecule has 1 aromatic carbocycles. The van der Waals surface area contributed by atoms with Gasteiger partial charge in [-0.15, -0.1) is 11.3 Å². The standard InChI is InChI=1S/C19H13N3OS2/c1-12-3-4-13(2)16(7-12)22-18(23)17(8-14-5-6-24-11-14)25-19(22)15(9-20)10-21/h3-8,11H,1-2H3/b17-8+. The van der Waals surface area contributed by atoms with Crippen molar-refractivity contribution in [2.45, 2.75) is 13.8 Å². The fourth-order valence-electron chi connectivity index (χ4n) is 2.46. The maximum atomic E-state index is 13.0. The summed E-state index contributed by atoms with van der Waals surface area (Å²) in [6, 6.07) is 11.5. The molecule has 0 N–H and O–H groups in total. The van der Waals surface area contributed by atoms with Crippen molar-refractivity contribution in [3.8, 4) is 17.8 Å². The highest BCUT2D eigenvalue weighted by Gasteiger charge is 2.13. The van der Waals surface area contributed by atoms with Crippen LogP contribution in [0.5, 0.6) is 0 Å². The molecule has 0 unspecified atom stereocenters. The lowest BCUT2D eigenvalue weighted by molar-refractivity contribution is 0.972. The molecular formula is C19H13N3OS2. The molecule has 0 aliphatic heterocycles. The molecule has 3 aromatic rings. The van der Waals surface area contributed by atoms with Crippen LogP contribution in [0.25, 0.3) is 17.3 Å².